The lowest BCUT2D eigenvalue weighted by molar-refractivity contribution is 0.222. The maximum atomic E-state index is 5.66. The van der Waals surface area contributed by atoms with Crippen molar-refractivity contribution in [2.75, 3.05) is 6.61 Å². The summed E-state index contributed by atoms with van der Waals surface area (Å²) in [5.74, 6) is 2.50. The second-order valence-electron chi connectivity index (χ2n) is 4.88. The van der Waals surface area contributed by atoms with Crippen LogP contribution in [0.15, 0.2) is 15.7 Å². The van der Waals surface area contributed by atoms with E-state index in [-0.39, 0.29) is 0 Å². The van der Waals surface area contributed by atoms with Crippen LogP contribution in [0.1, 0.15) is 32.1 Å². The van der Waals surface area contributed by atoms with Gasteiger partial charge in [-0.3, -0.25) is 0 Å². The normalized spacial score (nSPS) is 29.8. The SMILES string of the molecule is BCC1CCCC(COC2=NC(Br)=C2)CC1. The third-order valence-electron chi connectivity index (χ3n) is 3.71. The maximum absolute atomic E-state index is 5.66. The zero-order valence-corrected chi connectivity index (χ0v) is 11.5. The van der Waals surface area contributed by atoms with Gasteiger partial charge >= 0.3 is 0 Å². The van der Waals surface area contributed by atoms with E-state index >= 15 is 0 Å². The molecule has 16 heavy (non-hydrogen) atoms. The molecule has 0 bridgehead atoms. The summed E-state index contributed by atoms with van der Waals surface area (Å²) >= 11 is 3.29. The molecule has 1 aliphatic carbocycles. The third kappa shape index (κ3) is 3.37. The largest absolute Gasteiger partial charge is 0.477 e. The van der Waals surface area contributed by atoms with Gasteiger partial charge in [-0.25, -0.2) is 4.99 Å². The van der Waals surface area contributed by atoms with Crippen LogP contribution in [-0.2, 0) is 4.74 Å². The Labute approximate surface area is 107 Å². The number of rotatable bonds is 3. The van der Waals surface area contributed by atoms with Crippen molar-refractivity contribution in [1.29, 1.82) is 0 Å². The zero-order chi connectivity index (χ0) is 11.4. The van der Waals surface area contributed by atoms with Gasteiger partial charge in [-0.1, -0.05) is 25.6 Å². The first kappa shape index (κ1) is 12.2. The summed E-state index contributed by atoms with van der Waals surface area (Å²) in [5.41, 5.74) is 0. The Hall–Kier alpha value is -0.245. The molecule has 2 atom stereocenters. The molecule has 0 aromatic heterocycles. The molecule has 2 rings (SSSR count). The number of ether oxygens (including phenoxy) is 1. The monoisotopic (exact) mass is 283 g/mol. The standard InChI is InChI=1S/C12H19BBrNO/c13-7-9-2-1-3-10(5-4-9)8-16-12-6-11(14)15-12/h6,9-10H,1-5,7-8,13H2. The summed E-state index contributed by atoms with van der Waals surface area (Å²) in [6.45, 7) is 0.853. The first-order valence-corrected chi connectivity index (χ1v) is 7.16. The maximum Gasteiger partial charge on any atom is 0.217 e. The van der Waals surface area contributed by atoms with E-state index in [2.05, 4.69) is 28.8 Å². The van der Waals surface area contributed by atoms with Crippen LogP contribution < -0.4 is 0 Å². The highest BCUT2D eigenvalue weighted by molar-refractivity contribution is 9.11. The molecule has 1 heterocycles. The van der Waals surface area contributed by atoms with Gasteiger partial charge < -0.3 is 4.74 Å². The van der Waals surface area contributed by atoms with Crippen molar-refractivity contribution in [3.8, 4) is 0 Å². The minimum Gasteiger partial charge on any atom is -0.477 e. The van der Waals surface area contributed by atoms with Crippen LogP contribution in [0.4, 0.5) is 0 Å². The Kier molecular flexibility index (Phi) is 4.50. The molecule has 0 spiro atoms. The first-order chi connectivity index (χ1) is 7.78. The molecule has 0 aromatic carbocycles. The Morgan fingerprint density at radius 2 is 2.00 bits per heavy atom. The first-order valence-electron chi connectivity index (χ1n) is 6.36. The molecule has 1 fully saturated rings. The molecule has 0 saturated heterocycles. The fourth-order valence-electron chi connectivity index (χ4n) is 2.51. The van der Waals surface area contributed by atoms with Crippen LogP contribution in [0.3, 0.4) is 0 Å². The van der Waals surface area contributed by atoms with E-state index in [0.29, 0.717) is 0 Å². The van der Waals surface area contributed by atoms with E-state index in [1.165, 1.54) is 38.4 Å². The highest BCUT2D eigenvalue weighted by Crippen LogP contribution is 2.29. The number of halogens is 1. The van der Waals surface area contributed by atoms with Crippen LogP contribution in [0, 0.1) is 11.8 Å². The summed E-state index contributed by atoms with van der Waals surface area (Å²) in [6.07, 6.45) is 10.1. The lowest BCUT2D eigenvalue weighted by Gasteiger charge is -2.17. The van der Waals surface area contributed by atoms with Gasteiger partial charge in [0.1, 0.15) is 12.5 Å². The van der Waals surface area contributed by atoms with Crippen molar-refractivity contribution in [1.82, 2.24) is 0 Å². The topological polar surface area (TPSA) is 21.6 Å². The molecule has 88 valence electrons. The predicted octanol–water partition coefficient (Wildman–Crippen LogP) is 2.90. The lowest BCUT2D eigenvalue weighted by Crippen LogP contribution is -2.15. The summed E-state index contributed by atoms with van der Waals surface area (Å²) in [5, 5.41) is 0. The van der Waals surface area contributed by atoms with Gasteiger partial charge in [0, 0.05) is 6.08 Å². The smallest absolute Gasteiger partial charge is 0.217 e. The minimum absolute atomic E-state index is 0.743. The van der Waals surface area contributed by atoms with Crippen molar-refractivity contribution in [3.63, 3.8) is 0 Å². The number of nitrogens with zero attached hydrogens (tertiary/aromatic N) is 1. The van der Waals surface area contributed by atoms with E-state index in [1.807, 2.05) is 6.08 Å². The van der Waals surface area contributed by atoms with Gasteiger partial charge in [-0.05, 0) is 40.6 Å². The Balaban J connectivity index is 1.68. The Bertz CT molecular complexity index is 303. The predicted molar refractivity (Wildman–Crippen MR) is 73.8 cm³/mol. The molecule has 0 amide bonds. The summed E-state index contributed by atoms with van der Waals surface area (Å²) in [4.78, 5) is 4.13. The summed E-state index contributed by atoms with van der Waals surface area (Å²) in [6, 6.07) is 0. The molecular formula is C12H19BBrNO. The second kappa shape index (κ2) is 5.90. The molecule has 4 heteroatoms. The molecule has 2 nitrogen and oxygen atoms in total. The summed E-state index contributed by atoms with van der Waals surface area (Å²) in [7, 11) is 2.31. The van der Waals surface area contributed by atoms with E-state index in [4.69, 9.17) is 4.74 Å². The van der Waals surface area contributed by atoms with Gasteiger partial charge in [-0.15, -0.1) is 0 Å². The van der Waals surface area contributed by atoms with E-state index in [0.717, 1.165) is 28.9 Å². The van der Waals surface area contributed by atoms with Gasteiger partial charge in [0.15, 0.2) is 0 Å². The number of hydrogen-bond donors (Lipinski definition) is 0. The Morgan fingerprint density at radius 3 is 2.69 bits per heavy atom. The van der Waals surface area contributed by atoms with Crippen LogP contribution in [-0.4, -0.2) is 20.4 Å². The van der Waals surface area contributed by atoms with Crippen molar-refractivity contribution in [2.24, 2.45) is 16.8 Å². The third-order valence-corrected chi connectivity index (χ3v) is 4.12. The zero-order valence-electron chi connectivity index (χ0n) is 9.92. The van der Waals surface area contributed by atoms with Crippen molar-refractivity contribution in [3.05, 3.63) is 10.7 Å². The van der Waals surface area contributed by atoms with Gasteiger partial charge in [0.25, 0.3) is 0 Å². The second-order valence-corrected chi connectivity index (χ2v) is 5.69. The number of aliphatic imine (C=N–C) groups is 1. The van der Waals surface area contributed by atoms with Crippen LogP contribution in [0.5, 0.6) is 0 Å². The number of hydrogen-bond acceptors (Lipinski definition) is 2. The van der Waals surface area contributed by atoms with Crippen molar-refractivity contribution in [2.45, 2.75) is 38.4 Å². The highest BCUT2D eigenvalue weighted by atomic mass is 79.9. The van der Waals surface area contributed by atoms with E-state index < -0.39 is 0 Å². The van der Waals surface area contributed by atoms with Crippen molar-refractivity contribution >= 4 is 29.7 Å². The fraction of sp³-hybridized carbons (Fsp3) is 0.750. The molecular weight excluding hydrogens is 265 g/mol. The van der Waals surface area contributed by atoms with E-state index in [9.17, 15) is 0 Å². The van der Waals surface area contributed by atoms with Crippen LogP contribution >= 0.6 is 15.9 Å². The molecule has 0 N–H and O–H groups in total. The average molecular weight is 284 g/mol. The fourth-order valence-corrected chi connectivity index (χ4v) is 2.88. The minimum atomic E-state index is 0.743. The quantitative estimate of drug-likeness (QED) is 0.443. The molecule has 2 unspecified atom stereocenters. The molecule has 1 saturated carbocycles. The van der Waals surface area contributed by atoms with Crippen LogP contribution in [0.2, 0.25) is 6.32 Å². The summed E-state index contributed by atoms with van der Waals surface area (Å²) < 4.78 is 6.55. The van der Waals surface area contributed by atoms with Gasteiger partial charge in [0.2, 0.25) is 5.90 Å². The van der Waals surface area contributed by atoms with Gasteiger partial charge in [0.05, 0.1) is 6.61 Å². The highest BCUT2D eigenvalue weighted by Gasteiger charge is 2.19. The molecule has 0 aromatic rings. The molecule has 0 radical (unpaired) electrons. The van der Waals surface area contributed by atoms with E-state index in [1.54, 1.807) is 0 Å². The van der Waals surface area contributed by atoms with Gasteiger partial charge in [-0.2, -0.15) is 0 Å². The lowest BCUT2D eigenvalue weighted by atomic mass is 9.86. The molecule has 1 aliphatic heterocycles. The molecule has 2 aliphatic rings. The average Bonchev–Trinajstić information content (AvgIpc) is 2.47. The van der Waals surface area contributed by atoms with Crippen LogP contribution in [0.25, 0.3) is 0 Å². The van der Waals surface area contributed by atoms with Crippen molar-refractivity contribution < 1.29 is 4.74 Å². The Morgan fingerprint density at radius 1 is 1.31 bits per heavy atom.